The van der Waals surface area contributed by atoms with Crippen LogP contribution < -0.4 is 25.6 Å². The number of alkyl halides is 3. The minimum atomic E-state index is -4.60. The molecule has 5 atom stereocenters. The molecule has 1 aliphatic carbocycles. The Hall–Kier alpha value is -3.64. The molecular weight excluding hydrogens is 748 g/mol. The van der Waals surface area contributed by atoms with Crippen molar-refractivity contribution in [3.05, 3.63) is 71.0 Å². The summed E-state index contributed by atoms with van der Waals surface area (Å²) in [6, 6.07) is 11.6. The van der Waals surface area contributed by atoms with Crippen molar-refractivity contribution >= 4 is 60.0 Å². The Morgan fingerprint density at radius 1 is 1.17 bits per heavy atom. The molecular formula is C32H37ClF3N8O6PS. The van der Waals surface area contributed by atoms with E-state index in [1.807, 2.05) is 6.92 Å². The lowest BCUT2D eigenvalue weighted by Crippen LogP contribution is -2.49. The Bertz CT molecular complexity index is 1900. The number of nitrogens with zero attached hydrogens (tertiary/aromatic N) is 4. The number of hydrazine groups is 1. The maximum Gasteiger partial charge on any atom is 0.416 e. The van der Waals surface area contributed by atoms with Gasteiger partial charge in [0.2, 0.25) is 5.95 Å². The van der Waals surface area contributed by atoms with Crippen LogP contribution in [0.1, 0.15) is 56.4 Å². The zero-order chi connectivity index (χ0) is 37.0. The third-order valence-corrected chi connectivity index (χ3v) is 10.7. The highest BCUT2D eigenvalue weighted by molar-refractivity contribution is 7.82. The number of imidazole rings is 1. The summed E-state index contributed by atoms with van der Waals surface area (Å²) in [5.41, 5.74) is 7.27. The summed E-state index contributed by atoms with van der Waals surface area (Å²) in [5.74, 6) is -0.0545. The fraction of sp³-hybridized carbons (Fsp3) is 0.438. The van der Waals surface area contributed by atoms with Crippen molar-refractivity contribution in [2.75, 3.05) is 24.0 Å². The van der Waals surface area contributed by atoms with Gasteiger partial charge < -0.3 is 24.3 Å². The molecule has 280 valence electrons. The van der Waals surface area contributed by atoms with Gasteiger partial charge in [0.1, 0.15) is 35.1 Å². The third-order valence-electron chi connectivity index (χ3n) is 8.69. The smallest absolute Gasteiger partial charge is 0.416 e. The number of hydrogen-bond acceptors (Lipinski definition) is 12. The highest BCUT2D eigenvalue weighted by Crippen LogP contribution is 2.45. The summed E-state index contributed by atoms with van der Waals surface area (Å²) < 4.78 is 78.7. The van der Waals surface area contributed by atoms with Crippen molar-refractivity contribution in [2.45, 2.75) is 69.7 Å². The number of carbonyl (C=O) groups is 1. The molecule has 0 bridgehead atoms. The second kappa shape index (κ2) is 16.2. The molecule has 1 saturated heterocycles. The van der Waals surface area contributed by atoms with Crippen LogP contribution in [0.15, 0.2) is 54.9 Å². The number of nitrogen functional groups attached to an aromatic ring is 1. The van der Waals surface area contributed by atoms with Crippen molar-refractivity contribution in [2.24, 2.45) is 5.92 Å². The predicted octanol–water partition coefficient (Wildman–Crippen LogP) is 6.18. The summed E-state index contributed by atoms with van der Waals surface area (Å²) in [6.07, 6.45) is 0.215. The Morgan fingerprint density at radius 3 is 2.62 bits per heavy atom. The first kappa shape index (κ1) is 38.1. The number of nitrogens with two attached hydrogens (primary N) is 1. The van der Waals surface area contributed by atoms with Crippen LogP contribution in [-0.4, -0.2) is 54.2 Å². The minimum absolute atomic E-state index is 0.0213. The van der Waals surface area contributed by atoms with E-state index in [1.54, 1.807) is 35.2 Å². The van der Waals surface area contributed by atoms with Gasteiger partial charge in [-0.25, -0.2) is 14.3 Å². The molecule has 1 aliphatic heterocycles. The van der Waals surface area contributed by atoms with Crippen LogP contribution in [0.4, 0.5) is 24.9 Å². The van der Waals surface area contributed by atoms with Gasteiger partial charge in [0.25, 0.3) is 0 Å². The number of anilines is 2. The minimum Gasteiger partial charge on any atom is -0.459 e. The van der Waals surface area contributed by atoms with Gasteiger partial charge in [-0.05, 0) is 49.6 Å². The molecule has 5 N–H and O–H groups in total. The molecule has 2 aliphatic rings. The van der Waals surface area contributed by atoms with Crippen LogP contribution in [0.2, 0.25) is 5.02 Å². The van der Waals surface area contributed by atoms with Gasteiger partial charge in [0.15, 0.2) is 17.0 Å². The van der Waals surface area contributed by atoms with Crippen molar-refractivity contribution in [3.63, 3.8) is 0 Å². The quantitative estimate of drug-likeness (QED) is 0.0650. The van der Waals surface area contributed by atoms with E-state index in [-0.39, 0.29) is 29.9 Å². The highest BCUT2D eigenvalue weighted by Gasteiger charge is 2.46. The van der Waals surface area contributed by atoms with Crippen LogP contribution in [0.25, 0.3) is 11.2 Å². The number of fused-ring (bicyclic) bond motifs is 1. The molecule has 52 heavy (non-hydrogen) atoms. The molecule has 0 amide bonds. The van der Waals surface area contributed by atoms with E-state index in [1.165, 1.54) is 24.5 Å². The zero-order valence-electron chi connectivity index (χ0n) is 28.1. The molecule has 6 rings (SSSR count). The van der Waals surface area contributed by atoms with Gasteiger partial charge in [-0.15, -0.1) is 0 Å². The first-order valence-corrected chi connectivity index (χ1v) is 19.4. The first-order valence-electron chi connectivity index (χ1n) is 16.3. The number of esters is 1. The summed E-state index contributed by atoms with van der Waals surface area (Å²) in [4.78, 5) is 29.2. The van der Waals surface area contributed by atoms with Crippen LogP contribution in [-0.2, 0) is 42.6 Å². The van der Waals surface area contributed by atoms with Gasteiger partial charge in [-0.3, -0.25) is 14.8 Å². The second-order valence-electron chi connectivity index (χ2n) is 12.5. The molecule has 4 aromatic rings. The molecule has 3 heterocycles. The van der Waals surface area contributed by atoms with E-state index in [4.69, 9.17) is 35.9 Å². The number of halogens is 4. The molecule has 5 unspecified atom stereocenters. The normalized spacial score (nSPS) is 21.2. The Kier molecular flexibility index (Phi) is 11.8. The molecule has 2 fully saturated rings. The number of ether oxygens (including phenoxy) is 2. The number of nitrogens with one attached hydrogen (secondary N) is 3. The lowest BCUT2D eigenvalue weighted by Gasteiger charge is -2.32. The third kappa shape index (κ3) is 8.93. The van der Waals surface area contributed by atoms with E-state index in [9.17, 15) is 22.2 Å². The van der Waals surface area contributed by atoms with Gasteiger partial charge in [-0.1, -0.05) is 49.6 Å². The molecule has 2 aromatic carbocycles. The van der Waals surface area contributed by atoms with E-state index in [0.717, 1.165) is 6.07 Å². The molecule has 1 saturated carbocycles. The van der Waals surface area contributed by atoms with E-state index < -0.39 is 61.7 Å². The lowest BCUT2D eigenvalue weighted by molar-refractivity contribution is -0.154. The number of carbonyl (C=O) groups excluding carboxylic acids is 1. The van der Waals surface area contributed by atoms with Gasteiger partial charge in [0, 0.05) is 22.8 Å². The van der Waals surface area contributed by atoms with Crippen molar-refractivity contribution < 1.29 is 40.7 Å². The Morgan fingerprint density at radius 2 is 1.90 bits per heavy atom. The molecule has 14 nitrogen and oxygen atoms in total. The van der Waals surface area contributed by atoms with Crippen LogP contribution >= 0.6 is 20.1 Å². The van der Waals surface area contributed by atoms with Crippen molar-refractivity contribution in [1.82, 2.24) is 29.4 Å². The summed E-state index contributed by atoms with van der Waals surface area (Å²) in [7, 11) is -3.40. The number of aromatic nitrogens is 4. The van der Waals surface area contributed by atoms with Crippen LogP contribution in [0.3, 0.4) is 0 Å². The monoisotopic (exact) mass is 784 g/mol. The number of hydrogen-bond donors (Lipinski definition) is 4. The summed E-state index contributed by atoms with van der Waals surface area (Å²) in [6.45, 7) is 1.53. The maximum atomic E-state index is 13.7. The Labute approximate surface area is 305 Å². The van der Waals surface area contributed by atoms with Gasteiger partial charge in [-0.2, -0.15) is 28.0 Å². The zero-order valence-corrected chi connectivity index (χ0v) is 30.5. The van der Waals surface area contributed by atoms with Crippen molar-refractivity contribution in [3.8, 4) is 5.75 Å². The fourth-order valence-electron chi connectivity index (χ4n) is 6.23. The largest absolute Gasteiger partial charge is 0.459 e. The molecule has 0 radical (unpaired) electrons. The standard InChI is InChI=1S/C32H37ClF3N8O6PS/c1-19-15-23(49-28(19)44-18-38-25-26(41-43-52(2)46)39-30(37)40-27(25)44)17-48-51(50-22-11-9-21(33)10-12-22)42-31(13-5-6-14-31)29(45)47-16-20-7-3-4-8-24(20)32(34,35)36/h3-4,7-12,18-19,23,28,42-43H,5-6,13-17H2,1-2H3,(H3,37,39,40,41). The maximum absolute atomic E-state index is 13.7. The van der Waals surface area contributed by atoms with Crippen molar-refractivity contribution in [1.29, 1.82) is 0 Å². The van der Waals surface area contributed by atoms with Gasteiger partial charge in [0.05, 0.1) is 24.6 Å². The average molecular weight is 785 g/mol. The van der Waals surface area contributed by atoms with Gasteiger partial charge >= 0.3 is 20.7 Å². The Balaban J connectivity index is 1.17. The topological polar surface area (TPSA) is 177 Å². The summed E-state index contributed by atoms with van der Waals surface area (Å²) in [5, 5.41) is 3.76. The second-order valence-corrected chi connectivity index (χ2v) is 15.3. The lowest BCUT2D eigenvalue weighted by atomic mass is 9.99. The predicted molar refractivity (Wildman–Crippen MR) is 189 cm³/mol. The van der Waals surface area contributed by atoms with Crippen LogP contribution in [0.5, 0.6) is 5.75 Å². The number of benzene rings is 2. The van der Waals surface area contributed by atoms with Crippen LogP contribution in [0, 0.1) is 5.92 Å². The SMILES string of the molecule is CC1CC(COP(NC2(C(=O)OCc3ccccc3C(F)(F)F)CCCC2)Oc2ccc(Cl)cc2)OC1n1cnc2c(NNS(C)=O)nc(N)nc21. The number of rotatable bonds is 14. The molecule has 0 spiro atoms. The fourth-order valence-corrected chi connectivity index (χ4v) is 8.04. The van der Waals surface area contributed by atoms with E-state index >= 15 is 0 Å². The summed E-state index contributed by atoms with van der Waals surface area (Å²) >= 11 is 6.09. The highest BCUT2D eigenvalue weighted by atomic mass is 35.5. The molecule has 20 heteroatoms. The average Bonchev–Trinajstić information content (AvgIpc) is 3.84. The first-order chi connectivity index (χ1) is 24.8. The molecule has 2 aromatic heterocycles. The van der Waals surface area contributed by atoms with E-state index in [0.29, 0.717) is 54.0 Å². The van der Waals surface area contributed by atoms with E-state index in [2.05, 4.69) is 30.3 Å².